The smallest absolute Gasteiger partial charge is 0.306 e. The second-order valence-electron chi connectivity index (χ2n) is 5.93. The molecule has 0 radical (unpaired) electrons. The first-order valence-corrected chi connectivity index (χ1v) is 9.46. The van der Waals surface area contributed by atoms with E-state index in [0.29, 0.717) is 16.4 Å². The van der Waals surface area contributed by atoms with Crippen LogP contribution in [-0.4, -0.2) is 21.9 Å². The highest BCUT2D eigenvalue weighted by atomic mass is 35.5. The number of ether oxygens (including phenoxy) is 1. The number of aromatic nitrogens is 2. The van der Waals surface area contributed by atoms with Crippen LogP contribution in [0.5, 0.6) is 0 Å². The van der Waals surface area contributed by atoms with Gasteiger partial charge in [0, 0.05) is 32.3 Å². The number of carbonyl (C=O) groups excluding carboxylic acids is 2. The van der Waals surface area contributed by atoms with Crippen molar-refractivity contribution in [1.82, 2.24) is 10.1 Å². The maximum absolute atomic E-state index is 12.2. The Labute approximate surface area is 165 Å². The normalized spacial score (nSPS) is 10.8. The highest BCUT2D eigenvalue weighted by Gasteiger charge is 2.15. The van der Waals surface area contributed by atoms with Gasteiger partial charge in [0.2, 0.25) is 5.82 Å². The van der Waals surface area contributed by atoms with E-state index in [1.54, 1.807) is 35.6 Å². The van der Waals surface area contributed by atoms with Gasteiger partial charge in [0.15, 0.2) is 12.4 Å². The number of esters is 1. The van der Waals surface area contributed by atoms with Gasteiger partial charge in [-0.2, -0.15) is 4.98 Å². The highest BCUT2D eigenvalue weighted by Crippen LogP contribution is 2.22. The molecule has 1 aromatic carbocycles. The number of ketones is 1. The molecule has 0 aliphatic rings. The van der Waals surface area contributed by atoms with Crippen molar-refractivity contribution in [3.05, 3.63) is 56.6 Å². The Bertz CT molecular complexity index is 963. The molecule has 0 aliphatic carbocycles. The fourth-order valence-corrected chi connectivity index (χ4v) is 3.57. The van der Waals surface area contributed by atoms with Gasteiger partial charge in [0.05, 0.1) is 6.42 Å². The number of carbonyl (C=O) groups is 2. The molecule has 27 heavy (non-hydrogen) atoms. The number of halogens is 1. The second-order valence-corrected chi connectivity index (χ2v) is 7.83. The van der Waals surface area contributed by atoms with Crippen molar-refractivity contribution in [1.29, 1.82) is 0 Å². The summed E-state index contributed by atoms with van der Waals surface area (Å²) in [5, 5.41) is 4.46. The van der Waals surface area contributed by atoms with Crippen LogP contribution in [0.15, 0.2) is 34.9 Å². The minimum Gasteiger partial charge on any atom is -0.456 e. The average molecular weight is 405 g/mol. The fraction of sp³-hybridized carbons (Fsp3) is 0.263. The third kappa shape index (κ3) is 5.02. The van der Waals surface area contributed by atoms with Gasteiger partial charge in [-0.25, -0.2) is 0 Å². The second kappa shape index (κ2) is 8.45. The van der Waals surface area contributed by atoms with E-state index in [2.05, 4.69) is 10.1 Å². The summed E-state index contributed by atoms with van der Waals surface area (Å²) < 4.78 is 10.2. The Morgan fingerprint density at radius 2 is 1.93 bits per heavy atom. The number of Topliss-reactive ketones (excluding diaryl/α,β-unsaturated/α-hetero) is 1. The van der Waals surface area contributed by atoms with E-state index in [-0.39, 0.29) is 31.1 Å². The maximum atomic E-state index is 12.2. The van der Waals surface area contributed by atoms with Crippen LogP contribution in [0.2, 0.25) is 5.02 Å². The van der Waals surface area contributed by atoms with Gasteiger partial charge in [0.1, 0.15) is 0 Å². The zero-order chi connectivity index (χ0) is 19.4. The van der Waals surface area contributed by atoms with Gasteiger partial charge in [-0.15, -0.1) is 11.3 Å². The van der Waals surface area contributed by atoms with Crippen molar-refractivity contribution in [3.63, 3.8) is 0 Å². The van der Waals surface area contributed by atoms with Gasteiger partial charge in [-0.3, -0.25) is 9.59 Å². The molecule has 0 saturated carbocycles. The molecule has 0 spiro atoms. The number of thiophene rings is 1. The fourth-order valence-electron chi connectivity index (χ4n) is 2.50. The predicted molar refractivity (Wildman–Crippen MR) is 102 cm³/mol. The molecule has 0 atom stereocenters. The molecule has 0 fully saturated rings. The summed E-state index contributed by atoms with van der Waals surface area (Å²) in [6, 6.07) is 8.83. The quantitative estimate of drug-likeness (QED) is 0.416. The maximum Gasteiger partial charge on any atom is 0.306 e. The summed E-state index contributed by atoms with van der Waals surface area (Å²) in [7, 11) is 0. The number of nitrogens with zero attached hydrogens (tertiary/aromatic N) is 2. The van der Waals surface area contributed by atoms with E-state index >= 15 is 0 Å². The molecule has 0 unspecified atom stereocenters. The standard InChI is InChI=1S/C19H17ClN2O4S/c1-11-9-15(12(2)27-11)16(23)7-8-18(24)25-10-17-21-19(22-26-17)13-3-5-14(20)6-4-13/h3-6,9H,7-8,10H2,1-2H3. The van der Waals surface area contributed by atoms with Crippen LogP contribution in [0.3, 0.4) is 0 Å². The molecule has 3 aromatic rings. The molecule has 2 aromatic heterocycles. The third-order valence-corrected chi connectivity index (χ3v) is 5.04. The summed E-state index contributed by atoms with van der Waals surface area (Å²) in [5.41, 5.74) is 1.42. The summed E-state index contributed by atoms with van der Waals surface area (Å²) in [6.07, 6.45) is 0.112. The van der Waals surface area contributed by atoms with Crippen LogP contribution in [0.4, 0.5) is 0 Å². The van der Waals surface area contributed by atoms with Crippen LogP contribution in [0, 0.1) is 13.8 Å². The Hall–Kier alpha value is -2.51. The number of rotatable bonds is 7. The van der Waals surface area contributed by atoms with Crippen LogP contribution < -0.4 is 0 Å². The van der Waals surface area contributed by atoms with Crippen molar-refractivity contribution < 1.29 is 18.8 Å². The lowest BCUT2D eigenvalue weighted by atomic mass is 10.1. The number of hydrogen-bond donors (Lipinski definition) is 0. The molecule has 3 rings (SSSR count). The summed E-state index contributed by atoms with van der Waals surface area (Å²) in [5.74, 6) is 0.0240. The molecule has 8 heteroatoms. The lowest BCUT2D eigenvalue weighted by Gasteiger charge is -2.02. The van der Waals surface area contributed by atoms with E-state index in [1.807, 2.05) is 19.9 Å². The molecule has 0 aliphatic heterocycles. The minimum absolute atomic E-state index is 0.00530. The molecular weight excluding hydrogens is 388 g/mol. The van der Waals surface area contributed by atoms with E-state index < -0.39 is 5.97 Å². The van der Waals surface area contributed by atoms with Crippen LogP contribution in [0.1, 0.15) is 38.8 Å². The van der Waals surface area contributed by atoms with Crippen molar-refractivity contribution in [2.24, 2.45) is 0 Å². The van der Waals surface area contributed by atoms with Crippen molar-refractivity contribution >= 4 is 34.7 Å². The molecule has 0 N–H and O–H groups in total. The van der Waals surface area contributed by atoms with E-state index in [0.717, 1.165) is 15.3 Å². The molecule has 0 bridgehead atoms. The SMILES string of the molecule is Cc1cc(C(=O)CCC(=O)OCc2nc(-c3ccc(Cl)cc3)no2)c(C)s1. The molecule has 6 nitrogen and oxygen atoms in total. The first-order chi connectivity index (χ1) is 12.9. The van der Waals surface area contributed by atoms with E-state index in [1.165, 1.54) is 0 Å². The average Bonchev–Trinajstić information content (AvgIpc) is 3.24. The molecular formula is C19H17ClN2O4S. The molecule has 2 heterocycles. The van der Waals surface area contributed by atoms with Crippen molar-refractivity contribution in [3.8, 4) is 11.4 Å². The first-order valence-electron chi connectivity index (χ1n) is 8.27. The van der Waals surface area contributed by atoms with Gasteiger partial charge < -0.3 is 9.26 Å². The number of aryl methyl sites for hydroxylation is 2. The van der Waals surface area contributed by atoms with Crippen molar-refractivity contribution in [2.75, 3.05) is 0 Å². The summed E-state index contributed by atoms with van der Waals surface area (Å²) in [4.78, 5) is 30.3. The Balaban J connectivity index is 1.49. The summed E-state index contributed by atoms with van der Waals surface area (Å²) in [6.45, 7) is 3.71. The lowest BCUT2D eigenvalue weighted by Crippen LogP contribution is -2.08. The van der Waals surface area contributed by atoms with Gasteiger partial charge >= 0.3 is 5.97 Å². The number of hydrogen-bond acceptors (Lipinski definition) is 7. The van der Waals surface area contributed by atoms with Gasteiger partial charge in [0.25, 0.3) is 5.89 Å². The highest BCUT2D eigenvalue weighted by molar-refractivity contribution is 7.12. The predicted octanol–water partition coefficient (Wildman–Crippen LogP) is 4.77. The zero-order valence-electron chi connectivity index (χ0n) is 14.8. The topological polar surface area (TPSA) is 82.3 Å². The van der Waals surface area contributed by atoms with Gasteiger partial charge in [-0.1, -0.05) is 16.8 Å². The monoisotopic (exact) mass is 404 g/mol. The molecule has 0 amide bonds. The van der Waals surface area contributed by atoms with E-state index in [9.17, 15) is 9.59 Å². The largest absolute Gasteiger partial charge is 0.456 e. The third-order valence-electron chi connectivity index (χ3n) is 3.82. The Kier molecular flexibility index (Phi) is 6.03. The zero-order valence-corrected chi connectivity index (χ0v) is 16.4. The van der Waals surface area contributed by atoms with E-state index in [4.69, 9.17) is 20.9 Å². The summed E-state index contributed by atoms with van der Waals surface area (Å²) >= 11 is 7.41. The minimum atomic E-state index is -0.487. The van der Waals surface area contributed by atoms with Crippen LogP contribution >= 0.6 is 22.9 Å². The van der Waals surface area contributed by atoms with Crippen LogP contribution in [-0.2, 0) is 16.1 Å². The first kappa shape index (κ1) is 19.3. The van der Waals surface area contributed by atoms with Gasteiger partial charge in [-0.05, 0) is 44.2 Å². The lowest BCUT2D eigenvalue weighted by molar-refractivity contribution is -0.145. The Morgan fingerprint density at radius 1 is 1.19 bits per heavy atom. The Morgan fingerprint density at radius 3 is 2.59 bits per heavy atom. The molecule has 140 valence electrons. The molecule has 0 saturated heterocycles. The van der Waals surface area contributed by atoms with Crippen LogP contribution in [0.25, 0.3) is 11.4 Å². The van der Waals surface area contributed by atoms with Crippen molar-refractivity contribution in [2.45, 2.75) is 33.3 Å². The number of benzene rings is 1.